The van der Waals surface area contributed by atoms with Crippen LogP contribution in [0.25, 0.3) is 0 Å². The molecule has 0 saturated heterocycles. The zero-order chi connectivity index (χ0) is 21.1. The van der Waals surface area contributed by atoms with Gasteiger partial charge in [0.1, 0.15) is 11.8 Å². The Bertz CT molecular complexity index is 1100. The third kappa shape index (κ3) is 4.01. The molecule has 152 valence electrons. The highest BCUT2D eigenvalue weighted by Gasteiger charge is 2.35. The zero-order valence-corrected chi connectivity index (χ0v) is 16.3. The number of amides is 1. The third-order valence-electron chi connectivity index (χ3n) is 4.46. The average Bonchev–Trinajstić information content (AvgIpc) is 3.42. The van der Waals surface area contributed by atoms with Crippen LogP contribution in [0.3, 0.4) is 0 Å². The Labute approximate surface area is 176 Å². The Kier molecular flexibility index (Phi) is 5.44. The fourth-order valence-corrected chi connectivity index (χ4v) is 3.15. The molecule has 10 heteroatoms. The summed E-state index contributed by atoms with van der Waals surface area (Å²) in [5.74, 6) is -0.867. The summed E-state index contributed by atoms with van der Waals surface area (Å²) in [5, 5.41) is 6.31. The van der Waals surface area contributed by atoms with Crippen molar-refractivity contribution < 1.29 is 18.7 Å². The molecule has 3 heterocycles. The molecule has 4 rings (SSSR count). The number of esters is 1. The molecule has 1 aromatic carbocycles. The van der Waals surface area contributed by atoms with Crippen molar-refractivity contribution in [2.75, 3.05) is 12.3 Å². The fraction of sp³-hybridized carbons (Fsp3) is 0.150. The smallest absolute Gasteiger partial charge is 0.361 e. The number of carbonyl (C=O) groups is 2. The summed E-state index contributed by atoms with van der Waals surface area (Å²) >= 11 is 5.95. The van der Waals surface area contributed by atoms with Gasteiger partial charge in [0.15, 0.2) is 18.1 Å². The monoisotopic (exact) mass is 425 g/mol. The Hall–Kier alpha value is -3.72. The molecule has 0 unspecified atom stereocenters. The minimum Gasteiger partial charge on any atom is -0.467 e. The number of furan rings is 1. The van der Waals surface area contributed by atoms with Gasteiger partial charge >= 0.3 is 5.97 Å². The molecule has 9 nitrogen and oxygen atoms in total. The fourth-order valence-electron chi connectivity index (χ4n) is 3.03. The van der Waals surface area contributed by atoms with Gasteiger partial charge in [0.05, 0.1) is 12.0 Å². The van der Waals surface area contributed by atoms with Crippen LogP contribution in [0.2, 0.25) is 5.02 Å². The Balaban J connectivity index is 1.52. The first kappa shape index (κ1) is 19.6. The number of halogens is 1. The van der Waals surface area contributed by atoms with Gasteiger partial charge in [-0.3, -0.25) is 4.79 Å². The Morgan fingerprint density at radius 3 is 2.67 bits per heavy atom. The van der Waals surface area contributed by atoms with Crippen molar-refractivity contribution in [3.63, 3.8) is 0 Å². The number of carbonyl (C=O) groups excluding carboxylic acids is 2. The van der Waals surface area contributed by atoms with Crippen LogP contribution in [0.5, 0.6) is 0 Å². The van der Waals surface area contributed by atoms with Crippen LogP contribution in [0.4, 0.5) is 5.82 Å². The number of hydrogen-bond acceptors (Lipinski definition) is 8. The van der Waals surface area contributed by atoms with Crippen LogP contribution in [0.1, 0.15) is 34.3 Å². The number of nitrogens with zero attached hydrogens (tertiary/aromatic N) is 4. The summed E-state index contributed by atoms with van der Waals surface area (Å²) in [5.41, 5.74) is 6.98. The van der Waals surface area contributed by atoms with E-state index in [2.05, 4.69) is 15.1 Å². The van der Waals surface area contributed by atoms with E-state index in [1.165, 1.54) is 23.7 Å². The molecule has 3 aromatic rings. The molecule has 0 radical (unpaired) electrons. The van der Waals surface area contributed by atoms with Gasteiger partial charge in [0.2, 0.25) is 0 Å². The van der Waals surface area contributed by atoms with Gasteiger partial charge < -0.3 is 14.9 Å². The molecule has 2 aromatic heterocycles. The summed E-state index contributed by atoms with van der Waals surface area (Å²) in [7, 11) is 0. The van der Waals surface area contributed by atoms with Gasteiger partial charge in [-0.05, 0) is 29.8 Å². The van der Waals surface area contributed by atoms with E-state index in [0.717, 1.165) is 5.56 Å². The van der Waals surface area contributed by atoms with Crippen molar-refractivity contribution in [2.45, 2.75) is 12.5 Å². The van der Waals surface area contributed by atoms with Crippen molar-refractivity contribution in [3.05, 3.63) is 77.1 Å². The van der Waals surface area contributed by atoms with Crippen molar-refractivity contribution in [1.29, 1.82) is 0 Å². The number of hydrogen-bond donors (Lipinski definition) is 1. The van der Waals surface area contributed by atoms with Gasteiger partial charge in [-0.25, -0.2) is 19.8 Å². The van der Waals surface area contributed by atoms with Crippen molar-refractivity contribution in [2.24, 2.45) is 5.10 Å². The predicted octanol–water partition coefficient (Wildman–Crippen LogP) is 2.84. The van der Waals surface area contributed by atoms with Crippen LogP contribution in [-0.4, -0.2) is 39.2 Å². The highest BCUT2D eigenvalue weighted by atomic mass is 35.5. The molecule has 1 aliphatic rings. The second-order valence-corrected chi connectivity index (χ2v) is 6.83. The lowest BCUT2D eigenvalue weighted by molar-refractivity contribution is -0.136. The molecule has 1 amide bonds. The van der Waals surface area contributed by atoms with Crippen molar-refractivity contribution in [1.82, 2.24) is 15.0 Å². The number of hydrazone groups is 1. The molecular formula is C20H16ClN5O4. The van der Waals surface area contributed by atoms with E-state index >= 15 is 0 Å². The second kappa shape index (κ2) is 8.34. The van der Waals surface area contributed by atoms with Gasteiger partial charge in [-0.1, -0.05) is 23.7 Å². The number of aromatic nitrogens is 2. The number of nitrogen functional groups attached to an aromatic ring is 1. The largest absolute Gasteiger partial charge is 0.467 e. The number of benzene rings is 1. The number of rotatable bonds is 5. The van der Waals surface area contributed by atoms with Crippen molar-refractivity contribution >= 4 is 35.0 Å². The van der Waals surface area contributed by atoms with E-state index in [1.807, 2.05) is 12.1 Å². The summed E-state index contributed by atoms with van der Waals surface area (Å²) in [4.78, 5) is 32.6. The predicted molar refractivity (Wildman–Crippen MR) is 108 cm³/mol. The molecule has 1 aliphatic heterocycles. The van der Waals surface area contributed by atoms with Gasteiger partial charge in [-0.2, -0.15) is 5.10 Å². The van der Waals surface area contributed by atoms with Crippen LogP contribution >= 0.6 is 11.6 Å². The molecule has 30 heavy (non-hydrogen) atoms. The summed E-state index contributed by atoms with van der Waals surface area (Å²) in [6.07, 6.45) is 4.62. The standard InChI is InChI=1S/C20H16ClN5O4/c21-13-5-3-12(4-6-13)14-10-15(16-2-1-9-29-16)26(25-14)17(27)11-30-20(28)18-19(22)24-8-7-23-18/h1-9,15H,10-11H2,(H2,22,24)/t15-/m1/s1. The first-order chi connectivity index (χ1) is 14.5. The molecule has 0 saturated carbocycles. The van der Waals surface area contributed by atoms with E-state index in [4.69, 9.17) is 26.5 Å². The highest BCUT2D eigenvalue weighted by Crippen LogP contribution is 2.33. The SMILES string of the molecule is Nc1nccnc1C(=O)OCC(=O)N1N=C(c2ccc(Cl)cc2)C[C@@H]1c1ccco1. The summed E-state index contributed by atoms with van der Waals surface area (Å²) in [6.45, 7) is -0.538. The van der Waals surface area contributed by atoms with Gasteiger partial charge in [-0.15, -0.1) is 0 Å². The van der Waals surface area contributed by atoms with E-state index < -0.39 is 24.5 Å². The highest BCUT2D eigenvalue weighted by molar-refractivity contribution is 6.30. The topological polar surface area (TPSA) is 124 Å². The molecule has 0 spiro atoms. The molecule has 0 fully saturated rings. The van der Waals surface area contributed by atoms with Crippen molar-refractivity contribution in [3.8, 4) is 0 Å². The summed E-state index contributed by atoms with van der Waals surface area (Å²) < 4.78 is 10.6. The maximum Gasteiger partial charge on any atom is 0.361 e. The van der Waals surface area contributed by atoms with E-state index in [-0.39, 0.29) is 11.5 Å². The number of nitrogens with two attached hydrogens (primary N) is 1. The first-order valence-corrected chi connectivity index (χ1v) is 9.33. The zero-order valence-electron chi connectivity index (χ0n) is 15.6. The molecule has 1 atom stereocenters. The minimum atomic E-state index is -0.843. The lowest BCUT2D eigenvalue weighted by atomic mass is 10.0. The lowest BCUT2D eigenvalue weighted by Gasteiger charge is -2.19. The quantitative estimate of drug-likeness (QED) is 0.623. The van der Waals surface area contributed by atoms with E-state index in [0.29, 0.717) is 22.9 Å². The van der Waals surface area contributed by atoms with Crippen LogP contribution < -0.4 is 5.73 Å². The lowest BCUT2D eigenvalue weighted by Crippen LogP contribution is -2.31. The molecule has 0 bridgehead atoms. The maximum absolute atomic E-state index is 12.8. The van der Waals surface area contributed by atoms with Crippen LogP contribution in [0, 0.1) is 0 Å². The first-order valence-electron chi connectivity index (χ1n) is 8.95. The molecule has 0 aliphatic carbocycles. The van der Waals surface area contributed by atoms with Gasteiger partial charge in [0, 0.05) is 23.8 Å². The normalized spacial score (nSPS) is 15.7. The third-order valence-corrected chi connectivity index (χ3v) is 4.71. The maximum atomic E-state index is 12.8. The molecule has 2 N–H and O–H groups in total. The van der Waals surface area contributed by atoms with E-state index in [9.17, 15) is 9.59 Å². The Morgan fingerprint density at radius 1 is 1.20 bits per heavy atom. The Morgan fingerprint density at radius 2 is 1.97 bits per heavy atom. The van der Waals surface area contributed by atoms with E-state index in [1.54, 1.807) is 24.3 Å². The minimum absolute atomic E-state index is 0.0763. The molecular weight excluding hydrogens is 410 g/mol. The van der Waals surface area contributed by atoms with Crippen LogP contribution in [0.15, 0.2) is 64.6 Å². The van der Waals surface area contributed by atoms with Crippen LogP contribution in [-0.2, 0) is 9.53 Å². The van der Waals surface area contributed by atoms with Gasteiger partial charge in [0.25, 0.3) is 5.91 Å². The number of ether oxygens (including phenoxy) is 1. The summed E-state index contributed by atoms with van der Waals surface area (Å²) in [6, 6.07) is 10.2. The average molecular weight is 426 g/mol. The number of anilines is 1. The second-order valence-electron chi connectivity index (χ2n) is 6.39.